The maximum atomic E-state index is 12.9. The van der Waals surface area contributed by atoms with Crippen LogP contribution in [0.5, 0.6) is 0 Å². The quantitative estimate of drug-likeness (QED) is 0.442. The summed E-state index contributed by atoms with van der Waals surface area (Å²) in [6.45, 7) is 11.8. The van der Waals surface area contributed by atoms with E-state index in [1.807, 2.05) is 32.1 Å². The van der Waals surface area contributed by atoms with Crippen LogP contribution < -0.4 is 4.90 Å². The van der Waals surface area contributed by atoms with Crippen molar-refractivity contribution in [1.29, 1.82) is 0 Å². The van der Waals surface area contributed by atoms with Crippen LogP contribution in [0.3, 0.4) is 0 Å². The summed E-state index contributed by atoms with van der Waals surface area (Å²) in [6.07, 6.45) is 3.59. The van der Waals surface area contributed by atoms with Crippen LogP contribution in [0.15, 0.2) is 47.7 Å². The van der Waals surface area contributed by atoms with E-state index in [1.54, 1.807) is 6.08 Å². The van der Waals surface area contributed by atoms with E-state index in [2.05, 4.69) is 37.8 Å². The minimum atomic E-state index is -0.324. The Morgan fingerprint density at radius 3 is 1.96 bits per heavy atom. The SMILES string of the molecule is CCN1C(=O)C(=C/C=C2\N(CC)c3ccccc3C2(C)C)C(=O)N(CC)C1=S. The Kier molecular flexibility index (Phi) is 5.44. The second-order valence-corrected chi connectivity index (χ2v) is 7.77. The molecule has 1 aromatic rings. The van der Waals surface area contributed by atoms with Gasteiger partial charge < -0.3 is 4.90 Å². The largest absolute Gasteiger partial charge is 0.344 e. The van der Waals surface area contributed by atoms with Gasteiger partial charge in [0.25, 0.3) is 11.8 Å². The lowest BCUT2D eigenvalue weighted by atomic mass is 9.83. The number of allylic oxidation sites excluding steroid dienone is 3. The zero-order valence-electron chi connectivity index (χ0n) is 17.2. The molecule has 0 aromatic heterocycles. The third-order valence-electron chi connectivity index (χ3n) is 5.57. The number of nitrogens with zero attached hydrogens (tertiary/aromatic N) is 3. The fourth-order valence-corrected chi connectivity index (χ4v) is 4.47. The molecule has 0 N–H and O–H groups in total. The van der Waals surface area contributed by atoms with E-state index >= 15 is 0 Å². The molecule has 0 aliphatic carbocycles. The number of carbonyl (C=O) groups is 2. The Morgan fingerprint density at radius 2 is 1.43 bits per heavy atom. The van der Waals surface area contributed by atoms with E-state index in [9.17, 15) is 9.59 Å². The van der Waals surface area contributed by atoms with Crippen LogP contribution in [0.1, 0.15) is 40.2 Å². The summed E-state index contributed by atoms with van der Waals surface area (Å²) in [5.74, 6) is -0.647. The highest BCUT2D eigenvalue weighted by atomic mass is 32.1. The maximum Gasteiger partial charge on any atom is 0.265 e. The lowest BCUT2D eigenvalue weighted by Gasteiger charge is -2.35. The Balaban J connectivity index is 2.08. The van der Waals surface area contributed by atoms with Crippen LogP contribution in [0.2, 0.25) is 0 Å². The van der Waals surface area contributed by atoms with Gasteiger partial charge in [-0.25, -0.2) is 0 Å². The third-order valence-corrected chi connectivity index (χ3v) is 6.01. The van der Waals surface area contributed by atoms with Crippen molar-refractivity contribution in [2.24, 2.45) is 0 Å². The zero-order valence-corrected chi connectivity index (χ0v) is 18.0. The molecule has 0 unspecified atom stereocenters. The van der Waals surface area contributed by atoms with E-state index in [1.165, 1.54) is 21.1 Å². The van der Waals surface area contributed by atoms with Crippen LogP contribution in [0, 0.1) is 0 Å². The summed E-state index contributed by atoms with van der Waals surface area (Å²) in [4.78, 5) is 30.9. The number of fused-ring (bicyclic) bond motifs is 1. The highest BCUT2D eigenvalue weighted by molar-refractivity contribution is 7.80. The normalized spacial score (nSPS) is 20.3. The van der Waals surface area contributed by atoms with Crippen LogP contribution in [-0.2, 0) is 15.0 Å². The number of anilines is 1. The molecule has 2 heterocycles. The van der Waals surface area contributed by atoms with Gasteiger partial charge in [-0.15, -0.1) is 0 Å². The van der Waals surface area contributed by atoms with Gasteiger partial charge in [0.05, 0.1) is 0 Å². The van der Waals surface area contributed by atoms with E-state index in [0.717, 1.165) is 12.2 Å². The van der Waals surface area contributed by atoms with Crippen molar-refractivity contribution < 1.29 is 9.59 Å². The average Bonchev–Trinajstić information content (AvgIpc) is 2.89. The molecule has 148 valence electrons. The predicted molar refractivity (Wildman–Crippen MR) is 116 cm³/mol. The molecular weight excluding hydrogens is 370 g/mol. The molecule has 2 amide bonds. The molecule has 5 nitrogen and oxygen atoms in total. The molecule has 2 aliphatic heterocycles. The maximum absolute atomic E-state index is 12.9. The molecule has 0 saturated carbocycles. The first-order chi connectivity index (χ1) is 13.3. The van der Waals surface area contributed by atoms with E-state index in [-0.39, 0.29) is 27.9 Å². The molecule has 0 bridgehead atoms. The highest BCUT2D eigenvalue weighted by Crippen LogP contribution is 2.47. The Morgan fingerprint density at radius 1 is 0.893 bits per heavy atom. The first-order valence-corrected chi connectivity index (χ1v) is 10.2. The van der Waals surface area contributed by atoms with Crippen molar-refractivity contribution in [3.8, 4) is 0 Å². The van der Waals surface area contributed by atoms with Crippen LogP contribution in [0.4, 0.5) is 5.69 Å². The predicted octanol–water partition coefficient (Wildman–Crippen LogP) is 3.61. The third kappa shape index (κ3) is 2.96. The van der Waals surface area contributed by atoms with Gasteiger partial charge in [-0.1, -0.05) is 32.0 Å². The van der Waals surface area contributed by atoms with Gasteiger partial charge in [0, 0.05) is 36.4 Å². The fraction of sp³-hybridized carbons (Fsp3) is 0.409. The minimum absolute atomic E-state index is 0.160. The van der Waals surface area contributed by atoms with Crippen LogP contribution in [0.25, 0.3) is 0 Å². The number of rotatable bonds is 4. The first-order valence-electron chi connectivity index (χ1n) is 9.76. The van der Waals surface area contributed by atoms with Crippen LogP contribution in [-0.4, -0.2) is 46.4 Å². The van der Waals surface area contributed by atoms with E-state index in [0.29, 0.717) is 13.1 Å². The standard InChI is InChI=1S/C22H27N3O2S/c1-6-23-17-12-10-9-11-16(17)22(4,5)18(23)14-13-15-19(26)24(7-2)21(28)25(8-3)20(15)27/h9-14H,6-8H2,1-5H3/b18-14-. The monoisotopic (exact) mass is 397 g/mol. The number of hydrogen-bond acceptors (Lipinski definition) is 4. The molecule has 0 radical (unpaired) electrons. The summed E-state index contributed by atoms with van der Waals surface area (Å²) in [6, 6.07) is 8.33. The van der Waals surface area contributed by atoms with Gasteiger partial charge in [-0.2, -0.15) is 0 Å². The molecule has 28 heavy (non-hydrogen) atoms. The Hall–Kier alpha value is -2.47. The van der Waals surface area contributed by atoms with Crippen molar-refractivity contribution in [1.82, 2.24) is 9.80 Å². The molecule has 1 aromatic carbocycles. The van der Waals surface area contributed by atoms with Gasteiger partial charge in [-0.05, 0) is 56.8 Å². The molecule has 6 heteroatoms. The van der Waals surface area contributed by atoms with Crippen molar-refractivity contribution in [2.45, 2.75) is 40.0 Å². The van der Waals surface area contributed by atoms with Crippen molar-refractivity contribution in [2.75, 3.05) is 24.5 Å². The number of hydrogen-bond donors (Lipinski definition) is 0. The van der Waals surface area contributed by atoms with Gasteiger partial charge in [0.1, 0.15) is 5.57 Å². The average molecular weight is 398 g/mol. The summed E-state index contributed by atoms with van der Waals surface area (Å²) < 4.78 is 0. The zero-order chi connectivity index (χ0) is 20.6. The van der Waals surface area contributed by atoms with Crippen LogP contribution >= 0.6 is 12.2 Å². The molecule has 1 saturated heterocycles. The molecule has 2 aliphatic rings. The molecule has 0 spiro atoms. The molecular formula is C22H27N3O2S. The van der Waals surface area contributed by atoms with E-state index < -0.39 is 0 Å². The molecule has 0 atom stereocenters. The number of amides is 2. The second-order valence-electron chi connectivity index (χ2n) is 7.40. The van der Waals surface area contributed by atoms with Crippen molar-refractivity contribution in [3.05, 3.63) is 53.3 Å². The number of thiocarbonyl (C=S) groups is 1. The number of benzene rings is 1. The van der Waals surface area contributed by atoms with Gasteiger partial charge in [0.2, 0.25) is 0 Å². The number of carbonyl (C=O) groups excluding carboxylic acids is 2. The Bertz CT molecular complexity index is 873. The fourth-order valence-electron chi connectivity index (χ4n) is 4.05. The summed E-state index contributed by atoms with van der Waals surface area (Å²) in [5.41, 5.74) is 3.44. The minimum Gasteiger partial charge on any atom is -0.344 e. The smallest absolute Gasteiger partial charge is 0.265 e. The molecule has 1 fully saturated rings. The van der Waals surface area contributed by atoms with E-state index in [4.69, 9.17) is 12.2 Å². The van der Waals surface area contributed by atoms with Gasteiger partial charge >= 0.3 is 0 Å². The highest BCUT2D eigenvalue weighted by Gasteiger charge is 2.40. The summed E-state index contributed by atoms with van der Waals surface area (Å²) >= 11 is 5.33. The second kappa shape index (κ2) is 7.51. The summed E-state index contributed by atoms with van der Waals surface area (Å²) in [5, 5.41) is 0.286. The molecule has 3 rings (SSSR count). The van der Waals surface area contributed by atoms with Gasteiger partial charge in [0.15, 0.2) is 5.11 Å². The van der Waals surface area contributed by atoms with Crippen molar-refractivity contribution in [3.63, 3.8) is 0 Å². The Labute approximate surface area is 172 Å². The topological polar surface area (TPSA) is 43.9 Å². The number of para-hydroxylation sites is 1. The van der Waals surface area contributed by atoms with Crippen molar-refractivity contribution >= 4 is 34.8 Å². The summed E-state index contributed by atoms with van der Waals surface area (Å²) in [7, 11) is 0. The number of likely N-dealkylation sites (N-methyl/N-ethyl adjacent to an activating group) is 3. The first kappa shape index (κ1) is 20.3. The lowest BCUT2D eigenvalue weighted by Crippen LogP contribution is -2.55. The van der Waals surface area contributed by atoms with Gasteiger partial charge in [-0.3, -0.25) is 19.4 Å². The lowest BCUT2D eigenvalue weighted by molar-refractivity contribution is -0.133.